The normalized spacial score (nSPS) is 23.0. The monoisotopic (exact) mass is 470 g/mol. The molecule has 2 aliphatic carbocycles. The number of hydrogen-bond acceptors (Lipinski definition) is 0. The SMILES string of the molecule is CC1=[C]([Zr]([CH3])(=[SiH2])([C]2=C(C)C=CC2C)[c]2ccccc2)C(C)C=C1.Cl.Cl. The Balaban J connectivity index is 0.00000156. The van der Waals surface area contributed by atoms with Gasteiger partial charge in [0.2, 0.25) is 0 Å². The quantitative estimate of drug-likeness (QED) is 0.517. The van der Waals surface area contributed by atoms with Crippen molar-refractivity contribution in [3.05, 3.63) is 72.3 Å². The van der Waals surface area contributed by atoms with Gasteiger partial charge in [-0.1, -0.05) is 0 Å². The molecular weight excluding hydrogens is 442 g/mol. The summed E-state index contributed by atoms with van der Waals surface area (Å²) in [5.41, 5.74) is 3.03. The molecule has 2 atom stereocenters. The number of rotatable bonds is 3. The van der Waals surface area contributed by atoms with Crippen LogP contribution in [0.5, 0.6) is 0 Å². The first-order chi connectivity index (χ1) is 10.8. The predicted octanol–water partition coefficient (Wildman–Crippen LogP) is 5.40. The molecule has 2 aliphatic rings. The fraction of sp³-hybridized carbons (Fsp3) is 0.333. The second kappa shape index (κ2) is 7.85. The van der Waals surface area contributed by atoms with Crippen LogP contribution >= 0.6 is 24.8 Å². The van der Waals surface area contributed by atoms with Gasteiger partial charge in [-0.2, -0.15) is 0 Å². The largest absolute Gasteiger partial charge is 0.147 e. The van der Waals surface area contributed by atoms with Crippen molar-refractivity contribution in [2.24, 2.45) is 11.8 Å². The van der Waals surface area contributed by atoms with Crippen molar-refractivity contribution in [1.82, 2.24) is 0 Å². The van der Waals surface area contributed by atoms with E-state index in [2.05, 4.69) is 93.8 Å². The summed E-state index contributed by atoms with van der Waals surface area (Å²) in [6.45, 7) is 11.8. The third-order valence-corrected chi connectivity index (χ3v) is 29.0. The summed E-state index contributed by atoms with van der Waals surface area (Å²) in [5.74, 6) is 1.13. The van der Waals surface area contributed by atoms with Crippen LogP contribution in [-0.2, 0) is 17.4 Å². The summed E-state index contributed by atoms with van der Waals surface area (Å²) in [6, 6.07) is 11.4. The number of benzene rings is 1. The van der Waals surface area contributed by atoms with Crippen LogP contribution in [0.3, 0.4) is 0 Å². The standard InChI is InChI=1S/2C7H9.C6H5.CH3.2ClH.H2Si.Zr/c2*1-6-3-4-7(2)5-6;1-2-4-6-5-3-1;;;;;/h2*3-4,6H,1-2H3;1-5H;1H3;2*1H;1H2;. The maximum Gasteiger partial charge on any atom is -0.147 e. The Morgan fingerprint density at radius 1 is 0.800 bits per heavy atom. The summed E-state index contributed by atoms with van der Waals surface area (Å²) < 4.78 is 7.81. The van der Waals surface area contributed by atoms with Crippen LogP contribution in [0.4, 0.5) is 0 Å². The molecular formula is C21H30Cl2SiZr. The van der Waals surface area contributed by atoms with E-state index in [1.807, 2.05) is 0 Å². The summed E-state index contributed by atoms with van der Waals surface area (Å²) in [4.78, 5) is 0. The van der Waals surface area contributed by atoms with Gasteiger partial charge >= 0.3 is 144 Å². The Hall–Kier alpha value is -0.140. The first-order valence-electron chi connectivity index (χ1n) is 8.66. The van der Waals surface area contributed by atoms with E-state index in [4.69, 9.17) is 0 Å². The first kappa shape index (κ1) is 22.9. The summed E-state index contributed by atoms with van der Waals surface area (Å²) >= 11 is -3.49. The second-order valence-electron chi connectivity index (χ2n) is 7.86. The average Bonchev–Trinajstić information content (AvgIpc) is 3.03. The van der Waals surface area contributed by atoms with Crippen LogP contribution in [0.1, 0.15) is 27.7 Å². The molecule has 25 heavy (non-hydrogen) atoms. The fourth-order valence-electron chi connectivity index (χ4n) is 5.31. The Bertz CT molecular complexity index is 800. The van der Waals surface area contributed by atoms with Crippen LogP contribution in [0.2, 0.25) is 4.63 Å². The summed E-state index contributed by atoms with van der Waals surface area (Å²) in [7, 11) is 0. The van der Waals surface area contributed by atoms with Gasteiger partial charge in [0.25, 0.3) is 0 Å². The van der Waals surface area contributed by atoms with Gasteiger partial charge in [-0.3, -0.25) is 0 Å². The van der Waals surface area contributed by atoms with E-state index in [0.29, 0.717) is 11.8 Å². The molecule has 0 aromatic heterocycles. The molecule has 2 unspecified atom stereocenters. The molecule has 0 aliphatic heterocycles. The number of allylic oxidation sites excluding steroid dienone is 8. The molecule has 0 nitrogen and oxygen atoms in total. The van der Waals surface area contributed by atoms with E-state index in [1.54, 1.807) is 9.83 Å². The van der Waals surface area contributed by atoms with Gasteiger partial charge in [-0.25, -0.2) is 0 Å². The molecule has 1 aromatic carbocycles. The molecule has 0 fully saturated rings. The topological polar surface area (TPSA) is 0 Å². The van der Waals surface area contributed by atoms with E-state index in [1.165, 1.54) is 11.1 Å². The molecule has 0 radical (unpaired) electrons. The number of hydrogen-bond donors (Lipinski definition) is 0. The minimum Gasteiger partial charge on any atom is -0.147 e. The van der Waals surface area contributed by atoms with Gasteiger partial charge in [-0.15, -0.1) is 24.8 Å². The third kappa shape index (κ3) is 3.41. The van der Waals surface area contributed by atoms with Crippen molar-refractivity contribution >= 4 is 35.0 Å². The van der Waals surface area contributed by atoms with Crippen molar-refractivity contribution in [3.8, 4) is 0 Å². The molecule has 0 N–H and O–H groups in total. The molecule has 1 aromatic rings. The molecule has 0 saturated carbocycles. The minimum atomic E-state index is -3.49. The molecule has 3 rings (SSSR count). The Kier molecular flexibility index (Phi) is 7.19. The molecule has 136 valence electrons. The first-order valence-corrected chi connectivity index (χ1v) is 20.7. The Morgan fingerprint density at radius 2 is 1.20 bits per heavy atom. The van der Waals surface area contributed by atoms with Crippen LogP contribution in [0, 0.1) is 11.8 Å². The van der Waals surface area contributed by atoms with Crippen molar-refractivity contribution in [2.75, 3.05) is 0 Å². The van der Waals surface area contributed by atoms with E-state index < -0.39 is 17.4 Å². The maximum atomic E-state index is 2.67. The molecule has 0 heterocycles. The number of halogens is 2. The molecule has 0 spiro atoms. The molecule has 0 saturated heterocycles. The van der Waals surface area contributed by atoms with Gasteiger partial charge in [0.15, 0.2) is 0 Å². The van der Waals surface area contributed by atoms with Gasteiger partial charge in [0.1, 0.15) is 0 Å². The predicted molar refractivity (Wildman–Crippen MR) is 117 cm³/mol. The fourth-order valence-corrected chi connectivity index (χ4v) is 30.9. The van der Waals surface area contributed by atoms with Crippen LogP contribution in [0.15, 0.2) is 72.3 Å². The van der Waals surface area contributed by atoms with E-state index in [-0.39, 0.29) is 24.8 Å². The van der Waals surface area contributed by atoms with Gasteiger partial charge in [0, 0.05) is 0 Å². The summed E-state index contributed by atoms with van der Waals surface area (Å²) in [6.07, 6.45) is 9.52. The van der Waals surface area contributed by atoms with E-state index in [9.17, 15) is 0 Å². The zero-order valence-electron chi connectivity index (χ0n) is 15.9. The van der Waals surface area contributed by atoms with Gasteiger partial charge < -0.3 is 0 Å². The second-order valence-corrected chi connectivity index (χ2v) is 32.3. The van der Waals surface area contributed by atoms with Crippen LogP contribution in [-0.4, -0.2) is 6.88 Å². The van der Waals surface area contributed by atoms with Crippen molar-refractivity contribution in [2.45, 2.75) is 32.3 Å². The third-order valence-electron chi connectivity index (χ3n) is 6.04. The Labute approximate surface area is 167 Å². The zero-order chi connectivity index (χ0) is 16.9. The van der Waals surface area contributed by atoms with Crippen molar-refractivity contribution in [1.29, 1.82) is 0 Å². The smallest absolute Gasteiger partial charge is 0.147 e. The molecule has 0 bridgehead atoms. The van der Waals surface area contributed by atoms with E-state index >= 15 is 0 Å². The maximum absolute atomic E-state index is 3.49. The zero-order valence-corrected chi connectivity index (χ0v) is 21.4. The Morgan fingerprint density at radius 3 is 1.52 bits per heavy atom. The summed E-state index contributed by atoms with van der Waals surface area (Å²) in [5, 5.41) is 0. The average molecular weight is 473 g/mol. The van der Waals surface area contributed by atoms with Crippen LogP contribution < -0.4 is 3.27 Å². The van der Waals surface area contributed by atoms with Gasteiger partial charge in [-0.05, 0) is 0 Å². The van der Waals surface area contributed by atoms with Crippen molar-refractivity contribution < 1.29 is 17.4 Å². The van der Waals surface area contributed by atoms with Crippen molar-refractivity contribution in [3.63, 3.8) is 0 Å². The minimum absolute atomic E-state index is 0. The molecule has 4 heteroatoms. The van der Waals surface area contributed by atoms with Gasteiger partial charge in [0.05, 0.1) is 0 Å². The van der Waals surface area contributed by atoms with Crippen LogP contribution in [0.25, 0.3) is 0 Å². The van der Waals surface area contributed by atoms with E-state index in [0.717, 1.165) is 0 Å². The molecule has 0 amide bonds.